The van der Waals surface area contributed by atoms with Gasteiger partial charge in [0.1, 0.15) is 5.82 Å². The molecular weight excluding hydrogens is 284 g/mol. The van der Waals surface area contributed by atoms with Crippen molar-refractivity contribution in [3.8, 4) is 0 Å². The molecule has 0 saturated carbocycles. The van der Waals surface area contributed by atoms with Gasteiger partial charge in [-0.15, -0.1) is 11.6 Å². The van der Waals surface area contributed by atoms with Crippen LogP contribution in [0.1, 0.15) is 12.2 Å². The first-order valence-corrected chi connectivity index (χ1v) is 6.76. The number of aromatic nitrogens is 4. The Morgan fingerprint density at radius 1 is 1.25 bits per heavy atom. The first kappa shape index (κ1) is 14.8. The third-order valence-electron chi connectivity index (χ3n) is 3.30. The topological polar surface area (TPSA) is 71.1 Å². The van der Waals surface area contributed by atoms with Crippen molar-refractivity contribution in [2.45, 2.75) is 18.8 Å². The summed E-state index contributed by atoms with van der Waals surface area (Å²) >= 11 is 5.82. The number of ether oxygens (including phenoxy) is 1. The summed E-state index contributed by atoms with van der Waals surface area (Å²) in [6, 6.07) is 0. The molecule has 0 aliphatic rings. The highest BCUT2D eigenvalue weighted by Crippen LogP contribution is 2.11. The van der Waals surface area contributed by atoms with Gasteiger partial charge in [-0.05, 0) is 6.42 Å². The van der Waals surface area contributed by atoms with E-state index in [2.05, 4.69) is 4.98 Å². The third kappa shape index (κ3) is 2.27. The molecular formula is C12H17ClN4O3. The molecule has 0 spiro atoms. The van der Waals surface area contributed by atoms with Gasteiger partial charge in [0.05, 0.1) is 5.88 Å². The molecule has 110 valence electrons. The maximum absolute atomic E-state index is 12.2. The van der Waals surface area contributed by atoms with Crippen molar-refractivity contribution in [1.29, 1.82) is 0 Å². The Morgan fingerprint density at radius 2 is 1.95 bits per heavy atom. The largest absolute Gasteiger partial charge is 0.385 e. The molecule has 0 atom stereocenters. The first-order chi connectivity index (χ1) is 9.52. The Morgan fingerprint density at radius 3 is 2.55 bits per heavy atom. The molecule has 0 amide bonds. The van der Waals surface area contributed by atoms with Crippen LogP contribution in [0.2, 0.25) is 0 Å². The van der Waals surface area contributed by atoms with Crippen molar-refractivity contribution >= 4 is 22.8 Å². The van der Waals surface area contributed by atoms with Crippen molar-refractivity contribution < 1.29 is 4.74 Å². The van der Waals surface area contributed by atoms with Crippen LogP contribution in [0.5, 0.6) is 0 Å². The Kier molecular flexibility index (Phi) is 4.29. The van der Waals surface area contributed by atoms with Gasteiger partial charge in [-0.3, -0.25) is 13.9 Å². The minimum Gasteiger partial charge on any atom is -0.385 e. The van der Waals surface area contributed by atoms with E-state index in [1.807, 2.05) is 0 Å². The molecule has 0 saturated heterocycles. The van der Waals surface area contributed by atoms with Crippen molar-refractivity contribution in [1.82, 2.24) is 18.7 Å². The Bertz CT molecular complexity index is 744. The van der Waals surface area contributed by atoms with Crippen molar-refractivity contribution in [3.05, 3.63) is 26.7 Å². The molecule has 0 radical (unpaired) electrons. The predicted molar refractivity (Wildman–Crippen MR) is 76.3 cm³/mol. The van der Waals surface area contributed by atoms with Gasteiger partial charge in [0.2, 0.25) is 0 Å². The van der Waals surface area contributed by atoms with Crippen LogP contribution in [0.15, 0.2) is 9.59 Å². The lowest BCUT2D eigenvalue weighted by atomic mass is 10.4. The van der Waals surface area contributed by atoms with Gasteiger partial charge in [0.25, 0.3) is 5.56 Å². The summed E-state index contributed by atoms with van der Waals surface area (Å²) in [5, 5.41) is 0. The van der Waals surface area contributed by atoms with Crippen LogP contribution in [-0.2, 0) is 31.3 Å². The van der Waals surface area contributed by atoms with Crippen LogP contribution in [0.25, 0.3) is 11.2 Å². The van der Waals surface area contributed by atoms with E-state index >= 15 is 0 Å². The van der Waals surface area contributed by atoms with E-state index in [4.69, 9.17) is 16.3 Å². The van der Waals surface area contributed by atoms with E-state index in [0.29, 0.717) is 36.6 Å². The monoisotopic (exact) mass is 300 g/mol. The third-order valence-corrected chi connectivity index (χ3v) is 3.54. The Balaban J connectivity index is 2.72. The average molecular weight is 301 g/mol. The van der Waals surface area contributed by atoms with E-state index < -0.39 is 0 Å². The molecule has 0 bridgehead atoms. The van der Waals surface area contributed by atoms with Crippen molar-refractivity contribution in [2.75, 3.05) is 13.7 Å². The summed E-state index contributed by atoms with van der Waals surface area (Å²) < 4.78 is 9.21. The molecule has 2 aromatic rings. The SMILES string of the molecule is COCCCn1c(=O)n(C)c(=O)c2c1nc(CCl)n2C. The van der Waals surface area contributed by atoms with Crippen LogP contribution in [0.4, 0.5) is 0 Å². The number of fused-ring (bicyclic) bond motifs is 1. The first-order valence-electron chi connectivity index (χ1n) is 6.23. The molecule has 2 rings (SSSR count). The number of rotatable bonds is 5. The van der Waals surface area contributed by atoms with E-state index in [9.17, 15) is 9.59 Å². The van der Waals surface area contributed by atoms with E-state index in [0.717, 1.165) is 4.57 Å². The van der Waals surface area contributed by atoms with Gasteiger partial charge in [-0.2, -0.15) is 0 Å². The lowest BCUT2D eigenvalue weighted by Gasteiger charge is -2.08. The van der Waals surface area contributed by atoms with Gasteiger partial charge in [-0.25, -0.2) is 9.78 Å². The molecule has 0 aliphatic heterocycles. The molecule has 0 aromatic carbocycles. The number of alkyl halides is 1. The van der Waals surface area contributed by atoms with Gasteiger partial charge < -0.3 is 9.30 Å². The lowest BCUT2D eigenvalue weighted by Crippen LogP contribution is -2.38. The summed E-state index contributed by atoms with van der Waals surface area (Å²) in [4.78, 5) is 28.7. The summed E-state index contributed by atoms with van der Waals surface area (Å²) in [7, 11) is 4.79. The zero-order chi connectivity index (χ0) is 14.9. The average Bonchev–Trinajstić information content (AvgIpc) is 2.77. The number of imidazole rings is 1. The quantitative estimate of drug-likeness (QED) is 0.584. The number of hydrogen-bond acceptors (Lipinski definition) is 4. The maximum atomic E-state index is 12.2. The molecule has 20 heavy (non-hydrogen) atoms. The zero-order valence-electron chi connectivity index (χ0n) is 11.7. The van der Waals surface area contributed by atoms with E-state index in [1.165, 1.54) is 11.6 Å². The number of halogens is 1. The van der Waals surface area contributed by atoms with E-state index in [1.54, 1.807) is 18.7 Å². The molecule has 2 aromatic heterocycles. The zero-order valence-corrected chi connectivity index (χ0v) is 12.5. The van der Waals surface area contributed by atoms with Gasteiger partial charge >= 0.3 is 5.69 Å². The lowest BCUT2D eigenvalue weighted by molar-refractivity contribution is 0.190. The van der Waals surface area contributed by atoms with Crippen LogP contribution in [0.3, 0.4) is 0 Å². The highest BCUT2D eigenvalue weighted by Gasteiger charge is 2.17. The van der Waals surface area contributed by atoms with Crippen LogP contribution < -0.4 is 11.2 Å². The van der Waals surface area contributed by atoms with Gasteiger partial charge in [0, 0.05) is 34.4 Å². The fourth-order valence-corrected chi connectivity index (χ4v) is 2.40. The van der Waals surface area contributed by atoms with Crippen LogP contribution in [-0.4, -0.2) is 32.4 Å². The predicted octanol–water partition coefficient (Wildman–Crippen LogP) is 0.209. The summed E-state index contributed by atoms with van der Waals surface area (Å²) in [5.74, 6) is 0.741. The Hall–Kier alpha value is -1.60. The summed E-state index contributed by atoms with van der Waals surface area (Å²) in [6.45, 7) is 0.974. The normalized spacial score (nSPS) is 11.4. The van der Waals surface area contributed by atoms with Gasteiger partial charge in [0.15, 0.2) is 11.2 Å². The van der Waals surface area contributed by atoms with E-state index in [-0.39, 0.29) is 17.1 Å². The highest BCUT2D eigenvalue weighted by molar-refractivity contribution is 6.16. The second-order valence-electron chi connectivity index (χ2n) is 4.54. The Labute approximate surface area is 120 Å². The number of aryl methyl sites for hydroxylation is 2. The minimum absolute atomic E-state index is 0.181. The van der Waals surface area contributed by atoms with Crippen LogP contribution in [0, 0.1) is 0 Å². The molecule has 7 nitrogen and oxygen atoms in total. The molecule has 0 N–H and O–H groups in total. The van der Waals surface area contributed by atoms with Gasteiger partial charge in [-0.1, -0.05) is 0 Å². The second kappa shape index (κ2) is 5.80. The molecule has 0 aliphatic carbocycles. The fraction of sp³-hybridized carbons (Fsp3) is 0.583. The number of methoxy groups -OCH3 is 1. The molecule has 0 unspecified atom stereocenters. The standard InChI is InChI=1S/C12H17ClN4O3/c1-15-8(7-13)14-10-9(15)11(18)16(2)12(19)17(10)5-4-6-20-3/h4-7H2,1-3H3. The summed E-state index contributed by atoms with van der Waals surface area (Å²) in [6.07, 6.45) is 0.663. The smallest absolute Gasteiger partial charge is 0.332 e. The van der Waals surface area contributed by atoms with Crippen molar-refractivity contribution in [3.63, 3.8) is 0 Å². The fourth-order valence-electron chi connectivity index (χ4n) is 2.16. The number of hydrogen-bond donors (Lipinski definition) is 0. The second-order valence-corrected chi connectivity index (χ2v) is 4.80. The van der Waals surface area contributed by atoms with Crippen molar-refractivity contribution in [2.24, 2.45) is 14.1 Å². The molecule has 8 heteroatoms. The maximum Gasteiger partial charge on any atom is 0.332 e. The number of nitrogens with zero attached hydrogens (tertiary/aromatic N) is 4. The highest BCUT2D eigenvalue weighted by atomic mass is 35.5. The molecule has 2 heterocycles. The minimum atomic E-state index is -0.377. The molecule has 0 fully saturated rings. The summed E-state index contributed by atoms with van der Waals surface area (Å²) in [5.41, 5.74) is 0.0321. The van der Waals surface area contributed by atoms with Crippen LogP contribution >= 0.6 is 11.6 Å².